The van der Waals surface area contributed by atoms with Gasteiger partial charge in [-0.05, 0) is 30.7 Å². The lowest BCUT2D eigenvalue weighted by molar-refractivity contribution is -0.133. The fourth-order valence-electron chi connectivity index (χ4n) is 4.75. The van der Waals surface area contributed by atoms with Crippen LogP contribution in [0.2, 0.25) is 0 Å². The second-order valence-electron chi connectivity index (χ2n) is 9.22. The first-order valence-electron chi connectivity index (χ1n) is 11.6. The zero-order valence-electron chi connectivity index (χ0n) is 19.3. The number of rotatable bonds is 5. The van der Waals surface area contributed by atoms with Crippen LogP contribution in [-0.4, -0.2) is 54.5 Å². The number of benzene rings is 1. The molecule has 2 aromatic rings. The van der Waals surface area contributed by atoms with E-state index in [1.807, 2.05) is 37.2 Å². The molecule has 6 heteroatoms. The second kappa shape index (κ2) is 9.25. The number of nitrogens with zero attached hydrogens (tertiary/aromatic N) is 5. The van der Waals surface area contributed by atoms with Crippen molar-refractivity contribution in [2.24, 2.45) is 5.92 Å². The highest BCUT2D eigenvalue weighted by Gasteiger charge is 2.31. The fraction of sp³-hybridized carbons (Fsp3) is 0.560. The van der Waals surface area contributed by atoms with Gasteiger partial charge in [-0.2, -0.15) is 4.98 Å². The predicted octanol–water partition coefficient (Wildman–Crippen LogP) is 3.86. The van der Waals surface area contributed by atoms with Gasteiger partial charge < -0.3 is 14.7 Å². The van der Waals surface area contributed by atoms with Gasteiger partial charge in [-0.3, -0.25) is 4.79 Å². The summed E-state index contributed by atoms with van der Waals surface area (Å²) in [6, 6.07) is 10.1. The Bertz CT molecular complexity index is 906. The number of amides is 1. The van der Waals surface area contributed by atoms with Gasteiger partial charge >= 0.3 is 0 Å². The number of carbonyl (C=O) groups is 1. The standard InChI is InChI=1S/C25H35N5O/c1-5-20(19-9-7-6-8-10-19)24(31)30-16-13-22-21(17-30)23(28(3)4)27-25(26-22)29-14-11-18(2)12-15-29/h6-10,18,20H,5,11-17H2,1-4H3/t20-/m0/s1. The monoisotopic (exact) mass is 421 g/mol. The van der Waals surface area contributed by atoms with Crippen LogP contribution in [-0.2, 0) is 17.8 Å². The van der Waals surface area contributed by atoms with Gasteiger partial charge in [0.15, 0.2) is 0 Å². The molecule has 0 aliphatic carbocycles. The molecule has 0 unspecified atom stereocenters. The van der Waals surface area contributed by atoms with Crippen molar-refractivity contribution >= 4 is 17.7 Å². The first-order chi connectivity index (χ1) is 15.0. The molecule has 6 nitrogen and oxygen atoms in total. The Morgan fingerprint density at radius 2 is 1.84 bits per heavy atom. The highest BCUT2D eigenvalue weighted by Crippen LogP contribution is 2.31. The van der Waals surface area contributed by atoms with Crippen LogP contribution in [0.1, 0.15) is 55.8 Å². The SMILES string of the molecule is CC[C@H](C(=O)N1CCc2nc(N3CCC(C)CC3)nc(N(C)C)c2C1)c1ccccc1. The Kier molecular flexibility index (Phi) is 6.44. The second-order valence-corrected chi connectivity index (χ2v) is 9.22. The highest BCUT2D eigenvalue weighted by molar-refractivity contribution is 5.84. The molecule has 1 aromatic carbocycles. The van der Waals surface area contributed by atoms with Crippen molar-refractivity contribution in [2.75, 3.05) is 43.5 Å². The third-order valence-electron chi connectivity index (χ3n) is 6.74. The summed E-state index contributed by atoms with van der Waals surface area (Å²) in [5, 5.41) is 0. The summed E-state index contributed by atoms with van der Waals surface area (Å²) in [7, 11) is 4.06. The number of fused-ring (bicyclic) bond motifs is 1. The van der Waals surface area contributed by atoms with Gasteiger partial charge in [-0.15, -0.1) is 0 Å². The molecule has 1 saturated heterocycles. The van der Waals surface area contributed by atoms with E-state index in [-0.39, 0.29) is 11.8 Å². The lowest BCUT2D eigenvalue weighted by Crippen LogP contribution is -2.41. The Morgan fingerprint density at radius 3 is 2.48 bits per heavy atom. The Morgan fingerprint density at radius 1 is 1.13 bits per heavy atom. The van der Waals surface area contributed by atoms with Crippen LogP contribution in [0.15, 0.2) is 30.3 Å². The van der Waals surface area contributed by atoms with E-state index >= 15 is 0 Å². The van der Waals surface area contributed by atoms with E-state index in [9.17, 15) is 4.79 Å². The van der Waals surface area contributed by atoms with E-state index in [4.69, 9.17) is 9.97 Å². The Labute approximate surface area is 186 Å². The van der Waals surface area contributed by atoms with Crippen LogP contribution in [0.3, 0.4) is 0 Å². The number of aromatic nitrogens is 2. The van der Waals surface area contributed by atoms with Crippen molar-refractivity contribution in [3.8, 4) is 0 Å². The van der Waals surface area contributed by atoms with E-state index in [1.165, 1.54) is 12.8 Å². The van der Waals surface area contributed by atoms with Crippen LogP contribution >= 0.6 is 0 Å². The Balaban J connectivity index is 1.59. The van der Waals surface area contributed by atoms with Crippen molar-refractivity contribution in [2.45, 2.75) is 52.0 Å². The average molecular weight is 422 g/mol. The molecule has 0 bridgehead atoms. The summed E-state index contributed by atoms with van der Waals surface area (Å²) in [5.74, 6) is 2.69. The summed E-state index contributed by atoms with van der Waals surface area (Å²) in [4.78, 5) is 29.8. The number of piperidine rings is 1. The molecular weight excluding hydrogens is 386 g/mol. The van der Waals surface area contributed by atoms with Crippen molar-refractivity contribution in [3.05, 3.63) is 47.2 Å². The van der Waals surface area contributed by atoms with E-state index < -0.39 is 0 Å². The van der Waals surface area contributed by atoms with Gasteiger partial charge in [0, 0.05) is 45.7 Å². The Hall–Kier alpha value is -2.63. The molecule has 1 aromatic heterocycles. The minimum Gasteiger partial charge on any atom is -0.362 e. The molecule has 0 N–H and O–H groups in total. The normalized spacial score (nSPS) is 17.9. The maximum atomic E-state index is 13.4. The van der Waals surface area contributed by atoms with Gasteiger partial charge in [0.05, 0.1) is 18.2 Å². The highest BCUT2D eigenvalue weighted by atomic mass is 16.2. The first-order valence-corrected chi connectivity index (χ1v) is 11.6. The van der Waals surface area contributed by atoms with Crippen LogP contribution in [0.25, 0.3) is 0 Å². The third-order valence-corrected chi connectivity index (χ3v) is 6.74. The molecule has 1 fully saturated rings. The number of hydrogen-bond acceptors (Lipinski definition) is 5. The van der Waals surface area contributed by atoms with Crippen molar-refractivity contribution < 1.29 is 4.79 Å². The fourth-order valence-corrected chi connectivity index (χ4v) is 4.75. The lowest BCUT2D eigenvalue weighted by Gasteiger charge is -2.35. The molecule has 1 amide bonds. The topological polar surface area (TPSA) is 52.6 Å². The summed E-state index contributed by atoms with van der Waals surface area (Å²) in [6.45, 7) is 7.76. The zero-order chi connectivity index (χ0) is 22.0. The predicted molar refractivity (Wildman–Crippen MR) is 126 cm³/mol. The molecule has 3 heterocycles. The number of anilines is 2. The molecule has 0 saturated carbocycles. The lowest BCUT2D eigenvalue weighted by atomic mass is 9.93. The van der Waals surface area contributed by atoms with Gasteiger partial charge in [0.1, 0.15) is 5.82 Å². The molecular formula is C25H35N5O. The summed E-state index contributed by atoms with van der Waals surface area (Å²) >= 11 is 0. The summed E-state index contributed by atoms with van der Waals surface area (Å²) < 4.78 is 0. The van der Waals surface area contributed by atoms with Crippen molar-refractivity contribution in [1.29, 1.82) is 0 Å². The first kappa shape index (κ1) is 21.6. The van der Waals surface area contributed by atoms with Gasteiger partial charge in [-0.25, -0.2) is 4.98 Å². The molecule has 1 atom stereocenters. The van der Waals surface area contributed by atoms with E-state index in [0.717, 1.165) is 67.0 Å². The molecule has 31 heavy (non-hydrogen) atoms. The molecule has 2 aliphatic heterocycles. The van der Waals surface area contributed by atoms with Gasteiger partial charge in [-0.1, -0.05) is 44.2 Å². The van der Waals surface area contributed by atoms with Crippen LogP contribution in [0, 0.1) is 5.92 Å². The smallest absolute Gasteiger partial charge is 0.230 e. The average Bonchev–Trinajstić information content (AvgIpc) is 2.79. The van der Waals surface area contributed by atoms with Gasteiger partial charge in [0.25, 0.3) is 0 Å². The molecule has 0 radical (unpaired) electrons. The van der Waals surface area contributed by atoms with Crippen molar-refractivity contribution in [1.82, 2.24) is 14.9 Å². The van der Waals surface area contributed by atoms with Crippen LogP contribution in [0.4, 0.5) is 11.8 Å². The summed E-state index contributed by atoms with van der Waals surface area (Å²) in [6.07, 6.45) is 3.97. The minimum absolute atomic E-state index is 0.0962. The van der Waals surface area contributed by atoms with E-state index in [0.29, 0.717) is 6.54 Å². The summed E-state index contributed by atoms with van der Waals surface area (Å²) in [5.41, 5.74) is 3.30. The maximum Gasteiger partial charge on any atom is 0.230 e. The molecule has 0 spiro atoms. The van der Waals surface area contributed by atoms with Gasteiger partial charge in [0.2, 0.25) is 11.9 Å². The minimum atomic E-state index is -0.0962. The van der Waals surface area contributed by atoms with E-state index in [2.05, 4.69) is 35.8 Å². The molecule has 2 aliphatic rings. The zero-order valence-corrected chi connectivity index (χ0v) is 19.3. The van der Waals surface area contributed by atoms with Crippen LogP contribution < -0.4 is 9.80 Å². The maximum absolute atomic E-state index is 13.4. The number of carbonyl (C=O) groups excluding carboxylic acids is 1. The van der Waals surface area contributed by atoms with Crippen molar-refractivity contribution in [3.63, 3.8) is 0 Å². The number of hydrogen-bond donors (Lipinski definition) is 0. The van der Waals surface area contributed by atoms with E-state index in [1.54, 1.807) is 0 Å². The quantitative estimate of drug-likeness (QED) is 0.734. The largest absolute Gasteiger partial charge is 0.362 e. The molecule has 166 valence electrons. The van der Waals surface area contributed by atoms with Crippen LogP contribution in [0.5, 0.6) is 0 Å². The third kappa shape index (κ3) is 4.53. The molecule has 4 rings (SSSR count).